The molecule has 9 heteroatoms. The minimum Gasteiger partial charge on any atom is -0.465 e. The van der Waals surface area contributed by atoms with Crippen LogP contribution in [-0.2, 0) is 4.79 Å². The fraction of sp³-hybridized carbons (Fsp3) is 0.400. The van der Waals surface area contributed by atoms with Crippen molar-refractivity contribution in [1.29, 1.82) is 0 Å². The Morgan fingerprint density at radius 2 is 1.76 bits per heavy atom. The molecule has 1 heterocycles. The summed E-state index contributed by atoms with van der Waals surface area (Å²) in [6, 6.07) is 12.3. The topological polar surface area (TPSA) is 116 Å². The molecule has 0 fully saturated rings. The van der Waals surface area contributed by atoms with Gasteiger partial charge in [-0.3, -0.25) is 14.5 Å². The molecule has 0 aromatic heterocycles. The zero-order chi connectivity index (χ0) is 24.3. The number of anilines is 1. The van der Waals surface area contributed by atoms with E-state index in [0.29, 0.717) is 25.1 Å². The molecular weight excluding hydrogens is 456 g/mol. The molecule has 0 saturated heterocycles. The first kappa shape index (κ1) is 27.1. The zero-order valence-electron chi connectivity index (χ0n) is 19.9. The van der Waals surface area contributed by atoms with E-state index in [-0.39, 0.29) is 42.3 Å². The molecule has 2 atom stereocenters. The quantitative estimate of drug-likeness (QED) is 0.567. The Bertz CT molecular complexity index is 1040. The highest BCUT2D eigenvalue weighted by atomic mass is 35.5. The number of carbonyl (C=O) groups is 3. The lowest BCUT2D eigenvalue weighted by molar-refractivity contribution is -0.117. The van der Waals surface area contributed by atoms with Crippen LogP contribution in [0.3, 0.4) is 0 Å². The maximum atomic E-state index is 12.4. The van der Waals surface area contributed by atoms with Crippen LogP contribution in [0, 0.1) is 0 Å². The second-order valence-corrected chi connectivity index (χ2v) is 8.67. The Kier molecular flexibility index (Phi) is 9.06. The molecule has 0 radical (unpaired) electrons. The van der Waals surface area contributed by atoms with Crippen LogP contribution in [0.5, 0.6) is 0 Å². The average molecular weight is 489 g/mol. The monoisotopic (exact) mass is 488 g/mol. The average Bonchev–Trinajstić information content (AvgIpc) is 2.76. The molecule has 3 amide bonds. The molecule has 0 bridgehead atoms. The smallest absolute Gasteiger partial charge is 0.408 e. The molecule has 2 aromatic carbocycles. The molecule has 3 rings (SSSR count). The van der Waals surface area contributed by atoms with Crippen molar-refractivity contribution in [1.82, 2.24) is 10.2 Å². The first-order valence-electron chi connectivity index (χ1n) is 11.2. The van der Waals surface area contributed by atoms with Gasteiger partial charge in [0.15, 0.2) is 0 Å². The van der Waals surface area contributed by atoms with Gasteiger partial charge in [0.05, 0.1) is 6.04 Å². The number of hydrogen-bond donors (Lipinski definition) is 3. The number of nitrogens with one attached hydrogen (secondary N) is 1. The number of nitrogens with zero attached hydrogens (tertiary/aromatic N) is 2. The summed E-state index contributed by atoms with van der Waals surface area (Å²) in [7, 11) is 0. The number of carboxylic acid groups (broad SMARTS) is 1. The van der Waals surface area contributed by atoms with Crippen molar-refractivity contribution >= 4 is 36.0 Å². The van der Waals surface area contributed by atoms with Crippen molar-refractivity contribution in [3.05, 3.63) is 53.6 Å². The summed E-state index contributed by atoms with van der Waals surface area (Å²) < 4.78 is 0. The van der Waals surface area contributed by atoms with Gasteiger partial charge in [0, 0.05) is 43.3 Å². The van der Waals surface area contributed by atoms with Crippen LogP contribution in [0.4, 0.5) is 10.5 Å². The summed E-state index contributed by atoms with van der Waals surface area (Å²) in [4.78, 5) is 39.9. The summed E-state index contributed by atoms with van der Waals surface area (Å²) >= 11 is 0. The first-order valence-corrected chi connectivity index (χ1v) is 11.2. The van der Waals surface area contributed by atoms with Crippen LogP contribution in [0.15, 0.2) is 42.5 Å². The predicted octanol–water partition coefficient (Wildman–Crippen LogP) is 4.04. The molecule has 0 spiro atoms. The summed E-state index contributed by atoms with van der Waals surface area (Å²) in [6.45, 7) is 7.97. The van der Waals surface area contributed by atoms with Crippen molar-refractivity contribution in [2.24, 2.45) is 5.73 Å². The maximum Gasteiger partial charge on any atom is 0.408 e. The zero-order valence-corrected chi connectivity index (χ0v) is 20.8. The third kappa shape index (κ3) is 5.51. The lowest BCUT2D eigenvalue weighted by atomic mass is 9.87. The molecule has 8 nitrogen and oxygen atoms in total. The number of fused-ring (bicyclic) bond motifs is 1. The summed E-state index contributed by atoms with van der Waals surface area (Å²) in [5.74, 6) is -0.258. The maximum absolute atomic E-state index is 12.4. The molecule has 184 valence electrons. The van der Waals surface area contributed by atoms with Crippen LogP contribution in [0.1, 0.15) is 56.1 Å². The van der Waals surface area contributed by atoms with E-state index in [1.54, 1.807) is 17.0 Å². The van der Waals surface area contributed by atoms with E-state index in [1.807, 2.05) is 51.1 Å². The van der Waals surface area contributed by atoms with Gasteiger partial charge in [-0.05, 0) is 68.1 Å². The molecular formula is C25H33ClN4O4. The largest absolute Gasteiger partial charge is 0.465 e. The van der Waals surface area contributed by atoms with Gasteiger partial charge in [-0.1, -0.05) is 18.2 Å². The Morgan fingerprint density at radius 3 is 2.29 bits per heavy atom. The van der Waals surface area contributed by atoms with Gasteiger partial charge < -0.3 is 21.1 Å². The fourth-order valence-electron chi connectivity index (χ4n) is 4.57. The normalized spacial score (nSPS) is 16.9. The Morgan fingerprint density at radius 1 is 1.15 bits per heavy atom. The van der Waals surface area contributed by atoms with Crippen LogP contribution in [0.2, 0.25) is 0 Å². The van der Waals surface area contributed by atoms with Gasteiger partial charge in [-0.15, -0.1) is 12.4 Å². The number of nitrogens with two attached hydrogens (primary N) is 1. The minimum absolute atomic E-state index is 0. The number of hydrogen-bond acceptors (Lipinski definition) is 4. The lowest BCUT2D eigenvalue weighted by Gasteiger charge is -2.43. The SMILES string of the molecule is CC(=O)N1c2ccc(-c3ccc(C(=O)NCCN)cc3)cc2[C@H](N(C(=O)O)C(C)C)C[C@@H]1C.Cl. The van der Waals surface area contributed by atoms with Crippen molar-refractivity contribution < 1.29 is 19.5 Å². The number of halogens is 1. The Balaban J connectivity index is 0.00000408. The third-order valence-electron chi connectivity index (χ3n) is 6.01. The predicted molar refractivity (Wildman–Crippen MR) is 135 cm³/mol. The molecule has 0 saturated carbocycles. The number of carbonyl (C=O) groups excluding carboxylic acids is 2. The second kappa shape index (κ2) is 11.4. The van der Waals surface area contributed by atoms with Gasteiger partial charge in [-0.25, -0.2) is 4.79 Å². The van der Waals surface area contributed by atoms with Crippen molar-refractivity contribution in [3.8, 4) is 11.1 Å². The summed E-state index contributed by atoms with van der Waals surface area (Å²) in [6.07, 6.45) is -0.469. The van der Waals surface area contributed by atoms with Gasteiger partial charge in [0.25, 0.3) is 5.91 Å². The molecule has 4 N–H and O–H groups in total. The molecule has 34 heavy (non-hydrogen) atoms. The minimum atomic E-state index is -0.984. The van der Waals surface area contributed by atoms with Gasteiger partial charge in [0.2, 0.25) is 5.91 Å². The van der Waals surface area contributed by atoms with Gasteiger partial charge >= 0.3 is 6.09 Å². The number of benzene rings is 2. The van der Waals surface area contributed by atoms with E-state index in [0.717, 1.165) is 22.4 Å². The van der Waals surface area contributed by atoms with E-state index in [2.05, 4.69) is 5.32 Å². The van der Waals surface area contributed by atoms with Crippen LogP contribution in [-0.4, -0.2) is 53.1 Å². The van der Waals surface area contributed by atoms with Crippen molar-refractivity contribution in [2.75, 3.05) is 18.0 Å². The van der Waals surface area contributed by atoms with Crippen LogP contribution >= 0.6 is 12.4 Å². The van der Waals surface area contributed by atoms with E-state index in [1.165, 1.54) is 11.8 Å². The van der Waals surface area contributed by atoms with E-state index in [9.17, 15) is 19.5 Å². The highest BCUT2D eigenvalue weighted by Crippen LogP contribution is 2.43. The summed E-state index contributed by atoms with van der Waals surface area (Å²) in [5, 5.41) is 12.7. The van der Waals surface area contributed by atoms with Crippen molar-refractivity contribution in [2.45, 2.75) is 52.2 Å². The fourth-order valence-corrected chi connectivity index (χ4v) is 4.57. The Labute approximate surface area is 206 Å². The van der Waals surface area contributed by atoms with Crippen LogP contribution < -0.4 is 16.0 Å². The molecule has 2 aromatic rings. The van der Waals surface area contributed by atoms with E-state index < -0.39 is 6.09 Å². The first-order chi connectivity index (χ1) is 15.6. The van der Waals surface area contributed by atoms with E-state index in [4.69, 9.17) is 5.73 Å². The van der Waals surface area contributed by atoms with Gasteiger partial charge in [0.1, 0.15) is 0 Å². The van der Waals surface area contributed by atoms with E-state index >= 15 is 0 Å². The Hall–Kier alpha value is -3.10. The highest BCUT2D eigenvalue weighted by molar-refractivity contribution is 5.95. The molecule has 0 aliphatic carbocycles. The van der Waals surface area contributed by atoms with Gasteiger partial charge in [-0.2, -0.15) is 0 Å². The van der Waals surface area contributed by atoms with Crippen LogP contribution in [0.25, 0.3) is 11.1 Å². The van der Waals surface area contributed by atoms with Crippen molar-refractivity contribution in [3.63, 3.8) is 0 Å². The summed E-state index contributed by atoms with van der Waals surface area (Å²) in [5.41, 5.74) is 9.30. The lowest BCUT2D eigenvalue weighted by Crippen LogP contribution is -2.48. The standard InChI is InChI=1S/C25H32N4O4.ClH/c1-15(2)28(25(32)33)23-13-16(3)29(17(4)30)22-10-9-20(14-21(22)23)18-5-7-19(8-6-18)24(31)27-12-11-26;/h5-10,14-16,23H,11-13,26H2,1-4H3,(H,27,31)(H,32,33);1H/t16-,23+;/m0./s1. The molecule has 1 aliphatic rings. The molecule has 1 aliphatic heterocycles. The highest BCUT2D eigenvalue weighted by Gasteiger charge is 2.38. The third-order valence-corrected chi connectivity index (χ3v) is 6.01. The number of rotatable bonds is 6. The number of amides is 3. The second-order valence-electron chi connectivity index (χ2n) is 8.67. The molecule has 0 unspecified atom stereocenters.